The van der Waals surface area contributed by atoms with Crippen molar-refractivity contribution in [2.24, 2.45) is 5.92 Å². The minimum Gasteiger partial charge on any atom is -0.390 e. The SMILES string of the molecule is CC(C)Cn1c(=O)n(C[C@@H](O)CN2CCc3ccccc3C2)c(=O)c2ccccc21. The van der Waals surface area contributed by atoms with Gasteiger partial charge in [0.2, 0.25) is 0 Å². The van der Waals surface area contributed by atoms with Gasteiger partial charge in [-0.1, -0.05) is 50.2 Å². The maximum Gasteiger partial charge on any atom is 0.331 e. The van der Waals surface area contributed by atoms with Crippen LogP contribution in [0.5, 0.6) is 0 Å². The number of nitrogens with zero attached hydrogens (tertiary/aromatic N) is 3. The van der Waals surface area contributed by atoms with Crippen LogP contribution >= 0.6 is 0 Å². The quantitative estimate of drug-likeness (QED) is 0.681. The Morgan fingerprint density at radius 2 is 1.60 bits per heavy atom. The highest BCUT2D eigenvalue weighted by Crippen LogP contribution is 2.18. The van der Waals surface area contributed by atoms with Gasteiger partial charge in [-0.2, -0.15) is 0 Å². The van der Waals surface area contributed by atoms with Crippen molar-refractivity contribution < 1.29 is 5.11 Å². The molecule has 3 aromatic rings. The van der Waals surface area contributed by atoms with E-state index in [0.717, 1.165) is 19.5 Å². The molecule has 4 rings (SSSR count). The molecule has 1 atom stereocenters. The van der Waals surface area contributed by atoms with E-state index < -0.39 is 6.10 Å². The van der Waals surface area contributed by atoms with E-state index in [1.165, 1.54) is 15.7 Å². The number of para-hydroxylation sites is 1. The van der Waals surface area contributed by atoms with Crippen molar-refractivity contribution in [2.75, 3.05) is 13.1 Å². The van der Waals surface area contributed by atoms with Gasteiger partial charge in [-0.3, -0.25) is 18.8 Å². The molecule has 1 aliphatic rings. The Labute approximate surface area is 176 Å². The van der Waals surface area contributed by atoms with Gasteiger partial charge in [-0.05, 0) is 35.6 Å². The molecule has 0 unspecified atom stereocenters. The van der Waals surface area contributed by atoms with Crippen molar-refractivity contribution in [1.29, 1.82) is 0 Å². The fourth-order valence-electron chi connectivity index (χ4n) is 4.35. The zero-order valence-electron chi connectivity index (χ0n) is 17.6. The smallest absolute Gasteiger partial charge is 0.331 e. The molecule has 6 nitrogen and oxygen atoms in total. The molecular formula is C24H29N3O3. The standard InChI is InChI=1S/C24H29N3O3/c1-17(2)13-26-22-10-6-5-9-21(22)23(29)27(24(26)30)16-20(28)15-25-12-11-18-7-3-4-8-19(18)14-25/h3-10,17,20,28H,11-16H2,1-2H3/t20-/m0/s1. The molecule has 30 heavy (non-hydrogen) atoms. The Hall–Kier alpha value is -2.70. The fraction of sp³-hybridized carbons (Fsp3) is 0.417. The first kappa shape index (κ1) is 20.6. The molecule has 1 aliphatic heterocycles. The summed E-state index contributed by atoms with van der Waals surface area (Å²) in [6.45, 7) is 6.67. The Balaban J connectivity index is 1.59. The molecule has 0 saturated carbocycles. The molecule has 0 radical (unpaired) electrons. The van der Waals surface area contributed by atoms with Gasteiger partial charge in [0.25, 0.3) is 5.56 Å². The van der Waals surface area contributed by atoms with Crippen molar-refractivity contribution in [2.45, 2.75) is 46.0 Å². The van der Waals surface area contributed by atoms with Crippen molar-refractivity contribution >= 4 is 10.9 Å². The van der Waals surface area contributed by atoms with E-state index in [4.69, 9.17) is 0 Å². The number of aliphatic hydroxyl groups is 1. The summed E-state index contributed by atoms with van der Waals surface area (Å²) in [4.78, 5) is 28.3. The number of rotatable bonds is 6. The number of hydrogen-bond donors (Lipinski definition) is 1. The third-order valence-electron chi connectivity index (χ3n) is 5.75. The zero-order valence-corrected chi connectivity index (χ0v) is 17.6. The lowest BCUT2D eigenvalue weighted by Gasteiger charge is -2.30. The first-order chi connectivity index (χ1) is 14.4. The number of fused-ring (bicyclic) bond motifs is 2. The first-order valence-electron chi connectivity index (χ1n) is 10.6. The second kappa shape index (κ2) is 8.58. The molecule has 0 saturated heterocycles. The summed E-state index contributed by atoms with van der Waals surface area (Å²) in [5, 5.41) is 11.3. The van der Waals surface area contributed by atoms with Crippen molar-refractivity contribution in [3.05, 3.63) is 80.5 Å². The van der Waals surface area contributed by atoms with Crippen LogP contribution < -0.4 is 11.2 Å². The molecular weight excluding hydrogens is 378 g/mol. The van der Waals surface area contributed by atoms with Crippen LogP contribution in [-0.2, 0) is 26.1 Å². The largest absolute Gasteiger partial charge is 0.390 e. The fourth-order valence-corrected chi connectivity index (χ4v) is 4.35. The summed E-state index contributed by atoms with van der Waals surface area (Å²) in [7, 11) is 0. The van der Waals surface area contributed by atoms with Gasteiger partial charge in [0.05, 0.1) is 23.6 Å². The molecule has 0 spiro atoms. The second-order valence-corrected chi connectivity index (χ2v) is 8.63. The van der Waals surface area contributed by atoms with Gasteiger partial charge in [0.1, 0.15) is 0 Å². The Kier molecular flexibility index (Phi) is 5.88. The van der Waals surface area contributed by atoms with E-state index in [-0.39, 0.29) is 23.7 Å². The maximum atomic E-state index is 13.1. The van der Waals surface area contributed by atoms with Gasteiger partial charge in [0.15, 0.2) is 0 Å². The average molecular weight is 408 g/mol. The van der Waals surface area contributed by atoms with Crippen LogP contribution in [0.4, 0.5) is 0 Å². The summed E-state index contributed by atoms with van der Waals surface area (Å²) in [5.41, 5.74) is 2.59. The molecule has 0 fully saturated rings. The average Bonchev–Trinajstić information content (AvgIpc) is 2.74. The summed E-state index contributed by atoms with van der Waals surface area (Å²) < 4.78 is 2.86. The lowest BCUT2D eigenvalue weighted by atomic mass is 10.00. The van der Waals surface area contributed by atoms with E-state index in [9.17, 15) is 14.7 Å². The second-order valence-electron chi connectivity index (χ2n) is 8.63. The van der Waals surface area contributed by atoms with Crippen LogP contribution in [0.15, 0.2) is 58.1 Å². The summed E-state index contributed by atoms with van der Waals surface area (Å²) in [6, 6.07) is 15.6. The van der Waals surface area contributed by atoms with E-state index in [1.54, 1.807) is 16.7 Å². The number of aliphatic hydroxyl groups excluding tert-OH is 1. The molecule has 2 heterocycles. The molecule has 1 N–H and O–H groups in total. The third-order valence-corrected chi connectivity index (χ3v) is 5.75. The zero-order chi connectivity index (χ0) is 21.3. The van der Waals surface area contributed by atoms with Gasteiger partial charge >= 0.3 is 5.69 Å². The molecule has 0 aliphatic carbocycles. The monoisotopic (exact) mass is 407 g/mol. The highest BCUT2D eigenvalue weighted by Gasteiger charge is 2.21. The van der Waals surface area contributed by atoms with Crippen LogP contribution in [0.25, 0.3) is 10.9 Å². The van der Waals surface area contributed by atoms with Crippen molar-refractivity contribution in [3.63, 3.8) is 0 Å². The van der Waals surface area contributed by atoms with E-state index >= 15 is 0 Å². The lowest BCUT2D eigenvalue weighted by Crippen LogP contribution is -2.45. The van der Waals surface area contributed by atoms with E-state index in [2.05, 4.69) is 23.1 Å². The van der Waals surface area contributed by atoms with Crippen LogP contribution in [0.1, 0.15) is 25.0 Å². The summed E-state index contributed by atoms with van der Waals surface area (Å²) in [5.74, 6) is 0.260. The molecule has 1 aromatic heterocycles. The number of aromatic nitrogens is 2. The third kappa shape index (κ3) is 4.11. The highest BCUT2D eigenvalue weighted by atomic mass is 16.3. The highest BCUT2D eigenvalue weighted by molar-refractivity contribution is 5.77. The topological polar surface area (TPSA) is 67.5 Å². The van der Waals surface area contributed by atoms with Gasteiger partial charge in [0, 0.05) is 26.2 Å². The van der Waals surface area contributed by atoms with E-state index in [0.29, 0.717) is 24.0 Å². The van der Waals surface area contributed by atoms with Gasteiger partial charge in [-0.15, -0.1) is 0 Å². The van der Waals surface area contributed by atoms with Crippen LogP contribution in [0.3, 0.4) is 0 Å². The molecule has 2 aromatic carbocycles. The predicted molar refractivity (Wildman–Crippen MR) is 119 cm³/mol. The van der Waals surface area contributed by atoms with Crippen LogP contribution in [-0.4, -0.2) is 38.3 Å². The van der Waals surface area contributed by atoms with Gasteiger partial charge in [-0.25, -0.2) is 4.79 Å². The Bertz CT molecular complexity index is 1160. The normalized spacial score (nSPS) is 15.5. The number of β-amino-alcohol motifs (C(OH)–C–C–N with tert-alkyl or cyclic N) is 1. The van der Waals surface area contributed by atoms with Crippen molar-refractivity contribution in [3.8, 4) is 0 Å². The first-order valence-corrected chi connectivity index (χ1v) is 10.6. The Morgan fingerprint density at radius 3 is 2.37 bits per heavy atom. The predicted octanol–water partition coefficient (Wildman–Crippen LogP) is 2.24. The van der Waals surface area contributed by atoms with Crippen LogP contribution in [0, 0.1) is 5.92 Å². The molecule has 158 valence electrons. The minimum absolute atomic E-state index is 0.00125. The maximum absolute atomic E-state index is 13.1. The van der Waals surface area contributed by atoms with Crippen LogP contribution in [0.2, 0.25) is 0 Å². The lowest BCUT2D eigenvalue weighted by molar-refractivity contribution is 0.0896. The number of benzene rings is 2. The van der Waals surface area contributed by atoms with Gasteiger partial charge < -0.3 is 5.11 Å². The molecule has 6 heteroatoms. The van der Waals surface area contributed by atoms with E-state index in [1.807, 2.05) is 32.0 Å². The van der Waals surface area contributed by atoms with Crippen molar-refractivity contribution in [1.82, 2.24) is 14.0 Å². The number of hydrogen-bond acceptors (Lipinski definition) is 4. The molecule has 0 amide bonds. The Morgan fingerprint density at radius 1 is 0.900 bits per heavy atom. The minimum atomic E-state index is -0.797. The summed E-state index contributed by atoms with van der Waals surface area (Å²) >= 11 is 0. The molecule has 0 bridgehead atoms. The summed E-state index contributed by atoms with van der Waals surface area (Å²) in [6.07, 6.45) is 0.148.